The molecule has 0 saturated carbocycles. The number of Topliss-reactive ketones (excluding diaryl/α,β-unsaturated/α-hetero) is 1. The van der Waals surface area contributed by atoms with Gasteiger partial charge in [-0.05, 0) is 77.2 Å². The minimum Gasteiger partial charge on any atom is -0.342 e. The largest absolute Gasteiger partial charge is 0.342 e. The van der Waals surface area contributed by atoms with Crippen molar-refractivity contribution in [2.75, 3.05) is 11.4 Å². The zero-order chi connectivity index (χ0) is 28.6. The minimum atomic E-state index is -0.740. The molecule has 0 radical (unpaired) electrons. The molecule has 5 rings (SSSR count). The number of carbonyl (C=O) groups excluding carboxylic acids is 3. The molecule has 0 unspecified atom stereocenters. The summed E-state index contributed by atoms with van der Waals surface area (Å²) in [5.74, 6) is -0.406. The zero-order valence-electron chi connectivity index (χ0n) is 22.3. The van der Waals surface area contributed by atoms with Crippen molar-refractivity contribution in [1.82, 2.24) is 25.5 Å². The first-order valence-corrected chi connectivity index (χ1v) is 13.8. The van der Waals surface area contributed by atoms with Crippen molar-refractivity contribution < 1.29 is 14.4 Å². The number of nitrogens with zero attached hydrogens (tertiary/aromatic N) is 5. The predicted molar refractivity (Wildman–Crippen MR) is 157 cm³/mol. The van der Waals surface area contributed by atoms with Crippen molar-refractivity contribution in [2.45, 2.75) is 38.1 Å². The van der Waals surface area contributed by atoms with Crippen LogP contribution < -0.4 is 10.2 Å². The van der Waals surface area contributed by atoms with E-state index in [-0.39, 0.29) is 18.1 Å². The number of rotatable bonds is 10. The van der Waals surface area contributed by atoms with Gasteiger partial charge in [0.05, 0.1) is 11.7 Å². The van der Waals surface area contributed by atoms with E-state index in [0.717, 1.165) is 29.7 Å². The van der Waals surface area contributed by atoms with E-state index in [1.54, 1.807) is 29.2 Å². The summed E-state index contributed by atoms with van der Waals surface area (Å²) < 4.78 is 1.47. The number of hydrogen-bond donors (Lipinski definition) is 1. The average molecular weight is 569 g/mol. The SMILES string of the molecule is O=C(/C=C/c1cc(Cl)ccc1-n1cnnn1)N[C@@H](Cc1ccccc1)C(=O)Cc1ccc(N2CCCCC2=O)cc1. The van der Waals surface area contributed by atoms with Gasteiger partial charge < -0.3 is 10.2 Å². The van der Waals surface area contributed by atoms with Gasteiger partial charge in [0.15, 0.2) is 5.78 Å². The highest BCUT2D eigenvalue weighted by molar-refractivity contribution is 6.30. The lowest BCUT2D eigenvalue weighted by molar-refractivity contribution is -0.125. The molecule has 1 fully saturated rings. The van der Waals surface area contributed by atoms with Crippen molar-refractivity contribution in [1.29, 1.82) is 0 Å². The molecule has 10 heteroatoms. The smallest absolute Gasteiger partial charge is 0.244 e. The Morgan fingerprint density at radius 2 is 1.80 bits per heavy atom. The molecule has 1 aliphatic heterocycles. The second-order valence-electron chi connectivity index (χ2n) is 9.85. The number of tetrazole rings is 1. The van der Waals surface area contributed by atoms with Gasteiger partial charge in [0.2, 0.25) is 11.8 Å². The Bertz CT molecular complexity index is 1540. The molecule has 41 heavy (non-hydrogen) atoms. The van der Waals surface area contributed by atoms with Crippen LogP contribution in [0.3, 0.4) is 0 Å². The van der Waals surface area contributed by atoms with Crippen LogP contribution in [0.1, 0.15) is 36.0 Å². The monoisotopic (exact) mass is 568 g/mol. The van der Waals surface area contributed by atoms with Gasteiger partial charge in [-0.25, -0.2) is 0 Å². The van der Waals surface area contributed by atoms with Gasteiger partial charge in [-0.1, -0.05) is 54.1 Å². The molecule has 1 saturated heterocycles. The number of nitrogens with one attached hydrogen (secondary N) is 1. The van der Waals surface area contributed by atoms with Crippen molar-refractivity contribution in [3.63, 3.8) is 0 Å². The maximum Gasteiger partial charge on any atom is 0.244 e. The predicted octanol–water partition coefficient (Wildman–Crippen LogP) is 4.39. The number of ketones is 1. The highest BCUT2D eigenvalue weighted by Crippen LogP contribution is 2.22. The molecule has 0 spiro atoms. The molecule has 0 aliphatic carbocycles. The number of hydrogen-bond acceptors (Lipinski definition) is 6. The van der Waals surface area contributed by atoms with Crippen molar-refractivity contribution in [2.24, 2.45) is 0 Å². The van der Waals surface area contributed by atoms with E-state index >= 15 is 0 Å². The van der Waals surface area contributed by atoms with Gasteiger partial charge in [-0.3, -0.25) is 14.4 Å². The van der Waals surface area contributed by atoms with Crippen molar-refractivity contribution in [3.05, 3.63) is 107 Å². The first-order valence-electron chi connectivity index (χ1n) is 13.4. The van der Waals surface area contributed by atoms with Gasteiger partial charge in [0.25, 0.3) is 0 Å². The van der Waals surface area contributed by atoms with Crippen LogP contribution in [0, 0.1) is 0 Å². The molecule has 1 aromatic heterocycles. The molecule has 0 bridgehead atoms. The summed E-state index contributed by atoms with van der Waals surface area (Å²) in [7, 11) is 0. The molecule has 4 aromatic rings. The van der Waals surface area contributed by atoms with Gasteiger partial charge in [-0.2, -0.15) is 4.68 Å². The van der Waals surface area contributed by atoms with Crippen LogP contribution in [-0.4, -0.2) is 50.4 Å². The van der Waals surface area contributed by atoms with Gasteiger partial charge in [0, 0.05) is 41.7 Å². The first kappa shape index (κ1) is 27.9. The summed E-state index contributed by atoms with van der Waals surface area (Å²) in [6.07, 6.45) is 7.40. The zero-order valence-corrected chi connectivity index (χ0v) is 23.1. The average Bonchev–Trinajstić information content (AvgIpc) is 3.52. The van der Waals surface area contributed by atoms with E-state index < -0.39 is 11.9 Å². The lowest BCUT2D eigenvalue weighted by Crippen LogP contribution is -2.42. The van der Waals surface area contributed by atoms with E-state index in [4.69, 9.17) is 11.6 Å². The fourth-order valence-electron chi connectivity index (χ4n) is 4.82. The molecular formula is C31H29ClN6O3. The lowest BCUT2D eigenvalue weighted by Gasteiger charge is -2.27. The van der Waals surface area contributed by atoms with Crippen LogP contribution in [0.25, 0.3) is 11.8 Å². The number of halogens is 1. The molecule has 1 aliphatic rings. The molecule has 1 atom stereocenters. The normalized spacial score (nSPS) is 14.3. The quantitative estimate of drug-likeness (QED) is 0.284. The Morgan fingerprint density at radius 3 is 2.54 bits per heavy atom. The van der Waals surface area contributed by atoms with Crippen LogP contribution in [0.5, 0.6) is 0 Å². The highest BCUT2D eigenvalue weighted by atomic mass is 35.5. The van der Waals surface area contributed by atoms with E-state index in [1.807, 2.05) is 54.6 Å². The molecule has 3 aromatic carbocycles. The third-order valence-electron chi connectivity index (χ3n) is 6.94. The third kappa shape index (κ3) is 7.32. The number of anilines is 1. The van der Waals surface area contributed by atoms with E-state index in [9.17, 15) is 14.4 Å². The lowest BCUT2D eigenvalue weighted by atomic mass is 9.97. The van der Waals surface area contributed by atoms with Gasteiger partial charge in [-0.15, -0.1) is 5.10 Å². The Labute approximate surface area is 242 Å². The van der Waals surface area contributed by atoms with Gasteiger partial charge >= 0.3 is 0 Å². The van der Waals surface area contributed by atoms with E-state index in [2.05, 4.69) is 20.8 Å². The van der Waals surface area contributed by atoms with Crippen LogP contribution in [0.15, 0.2) is 85.2 Å². The summed E-state index contributed by atoms with van der Waals surface area (Å²) in [6, 6.07) is 21.5. The Balaban J connectivity index is 1.30. The highest BCUT2D eigenvalue weighted by Gasteiger charge is 2.22. The standard InChI is InChI=1S/C31H29ClN6O3/c32-25-12-15-28(38-21-33-35-36-38)24(20-25)11-16-30(40)34-27(18-22-6-2-1-3-7-22)29(39)19-23-9-13-26(14-10-23)37-17-5-4-8-31(37)41/h1-3,6-7,9-16,20-21,27H,4-5,8,17-19H2,(H,34,40)/b16-11+/t27-/m0/s1. The molecular weight excluding hydrogens is 540 g/mol. The molecule has 2 amide bonds. The molecule has 2 heterocycles. The third-order valence-corrected chi connectivity index (χ3v) is 7.17. The number of aromatic nitrogens is 4. The minimum absolute atomic E-state index is 0.116. The summed E-state index contributed by atoms with van der Waals surface area (Å²) >= 11 is 6.19. The number of benzene rings is 3. The molecule has 9 nitrogen and oxygen atoms in total. The summed E-state index contributed by atoms with van der Waals surface area (Å²) in [5.41, 5.74) is 3.88. The Hall–Kier alpha value is -4.63. The number of carbonyl (C=O) groups is 3. The fourth-order valence-corrected chi connectivity index (χ4v) is 5.00. The second kappa shape index (κ2) is 13.1. The van der Waals surface area contributed by atoms with Gasteiger partial charge in [0.1, 0.15) is 6.33 Å². The first-order chi connectivity index (χ1) is 20.0. The van der Waals surface area contributed by atoms with E-state index in [1.165, 1.54) is 17.1 Å². The van der Waals surface area contributed by atoms with Crippen LogP contribution in [-0.2, 0) is 27.2 Å². The number of piperidine rings is 1. The van der Waals surface area contributed by atoms with Crippen LogP contribution >= 0.6 is 11.6 Å². The Kier molecular flexibility index (Phi) is 8.95. The molecule has 1 N–H and O–H groups in total. The van der Waals surface area contributed by atoms with Crippen LogP contribution in [0.4, 0.5) is 5.69 Å². The van der Waals surface area contributed by atoms with Crippen molar-refractivity contribution in [3.8, 4) is 5.69 Å². The maximum absolute atomic E-state index is 13.5. The topological polar surface area (TPSA) is 110 Å². The summed E-state index contributed by atoms with van der Waals surface area (Å²) in [6.45, 7) is 0.711. The summed E-state index contributed by atoms with van der Waals surface area (Å²) in [4.78, 5) is 40.6. The van der Waals surface area contributed by atoms with E-state index in [0.29, 0.717) is 35.7 Å². The van der Waals surface area contributed by atoms with Crippen molar-refractivity contribution >= 4 is 41.0 Å². The maximum atomic E-state index is 13.5. The molecule has 208 valence electrons. The summed E-state index contributed by atoms with van der Waals surface area (Å²) in [5, 5.41) is 14.6. The Morgan fingerprint density at radius 1 is 1.00 bits per heavy atom. The number of amides is 2. The second-order valence-corrected chi connectivity index (χ2v) is 10.3. The van der Waals surface area contributed by atoms with Crippen LogP contribution in [0.2, 0.25) is 5.02 Å². The fraction of sp³-hybridized carbons (Fsp3) is 0.226.